The van der Waals surface area contributed by atoms with Crippen molar-refractivity contribution in [2.45, 2.75) is 19.8 Å². The van der Waals surface area contributed by atoms with Crippen LogP contribution in [0.3, 0.4) is 0 Å². The summed E-state index contributed by atoms with van der Waals surface area (Å²) >= 11 is 0. The van der Waals surface area contributed by atoms with Crippen LogP contribution in [0.4, 0.5) is 11.5 Å². The van der Waals surface area contributed by atoms with E-state index in [1.54, 1.807) is 6.20 Å². The van der Waals surface area contributed by atoms with E-state index in [-0.39, 0.29) is 5.91 Å². The molecule has 116 valence electrons. The predicted octanol–water partition coefficient (Wildman–Crippen LogP) is 2.59. The minimum atomic E-state index is -0.0168. The lowest BCUT2D eigenvalue weighted by Gasteiger charge is -2.07. The molecule has 0 fully saturated rings. The molecule has 22 heavy (non-hydrogen) atoms. The molecule has 0 radical (unpaired) electrons. The molecule has 0 bridgehead atoms. The Kier molecular flexibility index (Phi) is 5.77. The highest BCUT2D eigenvalue weighted by Gasteiger charge is 2.03. The SMILES string of the molecule is Cc1cccc(C(=O)NCCCCNc2ccc(N)cn2)c1. The van der Waals surface area contributed by atoms with Crippen LogP contribution in [0.5, 0.6) is 0 Å². The lowest BCUT2D eigenvalue weighted by atomic mass is 10.1. The molecule has 4 N–H and O–H groups in total. The van der Waals surface area contributed by atoms with Crippen LogP contribution in [-0.4, -0.2) is 24.0 Å². The summed E-state index contributed by atoms with van der Waals surface area (Å²) in [5.74, 6) is 0.801. The lowest BCUT2D eigenvalue weighted by molar-refractivity contribution is 0.0953. The first-order valence-electron chi connectivity index (χ1n) is 7.45. The number of carbonyl (C=O) groups excluding carboxylic acids is 1. The first kappa shape index (κ1) is 15.8. The third-order valence-corrected chi connectivity index (χ3v) is 3.26. The summed E-state index contributed by atoms with van der Waals surface area (Å²) in [4.78, 5) is 16.1. The maximum absolute atomic E-state index is 11.9. The minimum Gasteiger partial charge on any atom is -0.397 e. The molecule has 0 unspecified atom stereocenters. The van der Waals surface area contributed by atoms with E-state index >= 15 is 0 Å². The van der Waals surface area contributed by atoms with Crippen molar-refractivity contribution in [3.05, 3.63) is 53.7 Å². The number of hydrogen-bond acceptors (Lipinski definition) is 4. The monoisotopic (exact) mass is 298 g/mol. The summed E-state index contributed by atoms with van der Waals surface area (Å²) in [6.45, 7) is 3.47. The average Bonchev–Trinajstić information content (AvgIpc) is 2.52. The number of benzene rings is 1. The quantitative estimate of drug-likeness (QED) is 0.686. The summed E-state index contributed by atoms with van der Waals surface area (Å²) < 4.78 is 0. The van der Waals surface area contributed by atoms with E-state index in [4.69, 9.17) is 5.73 Å². The van der Waals surface area contributed by atoms with Gasteiger partial charge in [0.2, 0.25) is 0 Å². The van der Waals surface area contributed by atoms with Gasteiger partial charge < -0.3 is 16.4 Å². The van der Waals surface area contributed by atoms with Gasteiger partial charge in [0.1, 0.15) is 5.82 Å². The first-order valence-corrected chi connectivity index (χ1v) is 7.45. The van der Waals surface area contributed by atoms with Crippen molar-refractivity contribution >= 4 is 17.4 Å². The minimum absolute atomic E-state index is 0.0168. The second kappa shape index (κ2) is 8.02. The van der Waals surface area contributed by atoms with Crippen LogP contribution in [-0.2, 0) is 0 Å². The molecule has 1 aromatic carbocycles. The van der Waals surface area contributed by atoms with Gasteiger partial charge in [-0.05, 0) is 44.0 Å². The van der Waals surface area contributed by atoms with Gasteiger partial charge in [0.25, 0.3) is 5.91 Å². The third kappa shape index (κ3) is 5.09. The molecule has 0 saturated heterocycles. The highest BCUT2D eigenvalue weighted by Crippen LogP contribution is 2.06. The summed E-state index contributed by atoms with van der Waals surface area (Å²) in [6, 6.07) is 11.3. The van der Waals surface area contributed by atoms with Crippen LogP contribution in [0.25, 0.3) is 0 Å². The van der Waals surface area contributed by atoms with Crippen molar-refractivity contribution in [3.63, 3.8) is 0 Å². The number of hydrogen-bond donors (Lipinski definition) is 3. The molecule has 2 aromatic rings. The number of nitrogens with one attached hydrogen (secondary N) is 2. The molecule has 1 amide bonds. The van der Waals surface area contributed by atoms with Gasteiger partial charge >= 0.3 is 0 Å². The van der Waals surface area contributed by atoms with E-state index in [0.717, 1.165) is 30.8 Å². The largest absolute Gasteiger partial charge is 0.397 e. The molecule has 0 aliphatic heterocycles. The number of anilines is 2. The number of carbonyl (C=O) groups is 1. The third-order valence-electron chi connectivity index (χ3n) is 3.26. The van der Waals surface area contributed by atoms with Gasteiger partial charge in [-0.25, -0.2) is 4.98 Å². The van der Waals surface area contributed by atoms with Crippen molar-refractivity contribution in [2.24, 2.45) is 0 Å². The van der Waals surface area contributed by atoms with Crippen molar-refractivity contribution < 1.29 is 4.79 Å². The van der Waals surface area contributed by atoms with Gasteiger partial charge in [-0.15, -0.1) is 0 Å². The highest BCUT2D eigenvalue weighted by atomic mass is 16.1. The Morgan fingerprint density at radius 3 is 2.73 bits per heavy atom. The second-order valence-corrected chi connectivity index (χ2v) is 5.24. The molecule has 0 atom stereocenters. The van der Waals surface area contributed by atoms with Crippen LogP contribution in [0.2, 0.25) is 0 Å². The molecule has 0 spiro atoms. The van der Waals surface area contributed by atoms with Gasteiger partial charge in [0, 0.05) is 18.7 Å². The number of aryl methyl sites for hydroxylation is 1. The zero-order valence-electron chi connectivity index (χ0n) is 12.8. The van der Waals surface area contributed by atoms with Gasteiger partial charge in [-0.3, -0.25) is 4.79 Å². The molecule has 5 nitrogen and oxygen atoms in total. The predicted molar refractivity (Wildman–Crippen MR) is 89.9 cm³/mol. The van der Waals surface area contributed by atoms with Crippen molar-refractivity contribution in [3.8, 4) is 0 Å². The van der Waals surface area contributed by atoms with E-state index in [9.17, 15) is 4.79 Å². The molecule has 5 heteroatoms. The highest BCUT2D eigenvalue weighted by molar-refractivity contribution is 5.94. The summed E-state index contributed by atoms with van der Waals surface area (Å²) in [6.07, 6.45) is 3.50. The Morgan fingerprint density at radius 1 is 1.18 bits per heavy atom. The average molecular weight is 298 g/mol. The lowest BCUT2D eigenvalue weighted by Crippen LogP contribution is -2.24. The van der Waals surface area contributed by atoms with Crippen LogP contribution in [0.1, 0.15) is 28.8 Å². The van der Waals surface area contributed by atoms with E-state index in [1.807, 2.05) is 43.3 Å². The zero-order valence-corrected chi connectivity index (χ0v) is 12.8. The number of unbranched alkanes of at least 4 members (excludes halogenated alkanes) is 1. The van der Waals surface area contributed by atoms with E-state index in [2.05, 4.69) is 15.6 Å². The Morgan fingerprint density at radius 2 is 2.00 bits per heavy atom. The fourth-order valence-corrected chi connectivity index (χ4v) is 2.07. The van der Waals surface area contributed by atoms with Gasteiger partial charge in [-0.1, -0.05) is 17.7 Å². The van der Waals surface area contributed by atoms with E-state index in [1.165, 1.54) is 0 Å². The standard InChI is InChI=1S/C17H22N4O/c1-13-5-4-6-14(11-13)17(22)20-10-3-2-9-19-16-8-7-15(18)12-21-16/h4-8,11-12H,2-3,9-10,18H2,1H3,(H,19,21)(H,20,22). The summed E-state index contributed by atoms with van der Waals surface area (Å²) in [5.41, 5.74) is 8.04. The number of aromatic nitrogens is 1. The number of nitrogens with two attached hydrogens (primary N) is 1. The van der Waals surface area contributed by atoms with Gasteiger partial charge in [-0.2, -0.15) is 0 Å². The Balaban J connectivity index is 1.61. The number of nitrogens with zero attached hydrogens (tertiary/aromatic N) is 1. The van der Waals surface area contributed by atoms with Crippen LogP contribution < -0.4 is 16.4 Å². The van der Waals surface area contributed by atoms with Crippen molar-refractivity contribution in [1.82, 2.24) is 10.3 Å². The Labute approximate surface area is 130 Å². The van der Waals surface area contributed by atoms with Crippen molar-refractivity contribution in [1.29, 1.82) is 0 Å². The molecule has 0 saturated carbocycles. The molecular formula is C17H22N4O. The van der Waals surface area contributed by atoms with Crippen LogP contribution in [0.15, 0.2) is 42.6 Å². The molecular weight excluding hydrogens is 276 g/mol. The van der Waals surface area contributed by atoms with E-state index in [0.29, 0.717) is 17.8 Å². The van der Waals surface area contributed by atoms with Crippen LogP contribution >= 0.6 is 0 Å². The fourth-order valence-electron chi connectivity index (χ4n) is 2.07. The van der Waals surface area contributed by atoms with Crippen molar-refractivity contribution in [2.75, 3.05) is 24.1 Å². The molecule has 2 rings (SSSR count). The summed E-state index contributed by atoms with van der Waals surface area (Å²) in [7, 11) is 0. The smallest absolute Gasteiger partial charge is 0.251 e. The number of pyridine rings is 1. The normalized spacial score (nSPS) is 10.2. The Bertz CT molecular complexity index is 610. The van der Waals surface area contributed by atoms with Crippen LogP contribution in [0, 0.1) is 6.92 Å². The second-order valence-electron chi connectivity index (χ2n) is 5.24. The number of amides is 1. The molecule has 0 aliphatic rings. The topological polar surface area (TPSA) is 80.0 Å². The molecule has 0 aliphatic carbocycles. The summed E-state index contributed by atoms with van der Waals surface area (Å²) in [5, 5.41) is 6.15. The number of rotatable bonds is 7. The molecule has 1 heterocycles. The molecule has 1 aromatic heterocycles. The van der Waals surface area contributed by atoms with Gasteiger partial charge in [0.05, 0.1) is 11.9 Å². The zero-order chi connectivity index (χ0) is 15.8. The van der Waals surface area contributed by atoms with E-state index < -0.39 is 0 Å². The van der Waals surface area contributed by atoms with Gasteiger partial charge in [0.15, 0.2) is 0 Å². The Hall–Kier alpha value is -2.56. The maximum Gasteiger partial charge on any atom is 0.251 e. The number of nitrogen functional groups attached to an aromatic ring is 1. The maximum atomic E-state index is 11.9. The first-order chi connectivity index (χ1) is 10.6. The fraction of sp³-hybridized carbons (Fsp3) is 0.294.